The molecule has 4 heteroatoms. The Hall–Kier alpha value is -2.62. The predicted molar refractivity (Wildman–Crippen MR) is 90.4 cm³/mol. The molecule has 3 rings (SSSR count). The van der Waals surface area contributed by atoms with E-state index in [-0.39, 0.29) is 18.3 Å². The lowest BCUT2D eigenvalue weighted by Gasteiger charge is -2.28. The summed E-state index contributed by atoms with van der Waals surface area (Å²) in [6.07, 6.45) is 3.66. The summed E-state index contributed by atoms with van der Waals surface area (Å²) in [5.74, 6) is -1.06. The molecule has 0 fully saturated rings. The van der Waals surface area contributed by atoms with Crippen LogP contribution in [0.25, 0.3) is 5.57 Å². The molecule has 0 N–H and O–H groups in total. The van der Waals surface area contributed by atoms with E-state index in [9.17, 15) is 9.59 Å². The van der Waals surface area contributed by atoms with E-state index in [0.29, 0.717) is 12.2 Å². The number of ketones is 1. The number of carbonyl (C=O) groups excluding carboxylic acids is 2. The summed E-state index contributed by atoms with van der Waals surface area (Å²) in [4.78, 5) is 25.0. The predicted octanol–water partition coefficient (Wildman–Crippen LogP) is 3.91. The lowest BCUT2D eigenvalue weighted by Crippen LogP contribution is -2.34. The molecule has 0 unspecified atom stereocenters. The van der Waals surface area contributed by atoms with Gasteiger partial charge in [-0.15, -0.1) is 0 Å². The van der Waals surface area contributed by atoms with Gasteiger partial charge in [0.15, 0.2) is 5.78 Å². The van der Waals surface area contributed by atoms with E-state index in [1.807, 2.05) is 37.3 Å². The van der Waals surface area contributed by atoms with E-state index in [0.717, 1.165) is 16.7 Å². The highest BCUT2D eigenvalue weighted by molar-refractivity contribution is 6.10. The molecule has 1 heterocycles. The van der Waals surface area contributed by atoms with E-state index in [1.54, 1.807) is 19.3 Å². The van der Waals surface area contributed by atoms with Gasteiger partial charge in [-0.05, 0) is 49.6 Å². The molecule has 0 saturated carbocycles. The Balaban J connectivity index is 2.00. The van der Waals surface area contributed by atoms with Crippen molar-refractivity contribution in [2.45, 2.75) is 26.2 Å². The molecule has 0 aliphatic heterocycles. The minimum atomic E-state index is -0.800. The minimum absolute atomic E-state index is 0.225. The van der Waals surface area contributed by atoms with Gasteiger partial charge in [-0.3, -0.25) is 9.59 Å². The third-order valence-corrected chi connectivity index (χ3v) is 4.35. The quantitative estimate of drug-likeness (QED) is 0.632. The second-order valence-electron chi connectivity index (χ2n) is 6.00. The Morgan fingerprint density at radius 1 is 1.25 bits per heavy atom. The highest BCUT2D eigenvalue weighted by atomic mass is 16.5. The fourth-order valence-electron chi connectivity index (χ4n) is 3.14. The van der Waals surface area contributed by atoms with Crippen molar-refractivity contribution < 1.29 is 18.7 Å². The van der Waals surface area contributed by atoms with E-state index >= 15 is 0 Å². The first-order valence-electron chi connectivity index (χ1n) is 8.11. The SMILES string of the molecule is CCOC(=O)[C@H]1C(=O)C=C(c2ccco2)C[C@@H]1c1ccc(C)cc1. The molecule has 1 aliphatic carbocycles. The molecule has 0 amide bonds. The summed E-state index contributed by atoms with van der Waals surface area (Å²) in [6, 6.07) is 11.6. The number of ether oxygens (including phenoxy) is 1. The van der Waals surface area contributed by atoms with Crippen molar-refractivity contribution in [3.63, 3.8) is 0 Å². The summed E-state index contributed by atoms with van der Waals surface area (Å²) in [7, 11) is 0. The first-order valence-corrected chi connectivity index (χ1v) is 8.11. The zero-order chi connectivity index (χ0) is 17.1. The first kappa shape index (κ1) is 16.2. The third kappa shape index (κ3) is 3.18. The molecule has 0 radical (unpaired) electrons. The maximum atomic E-state index is 12.6. The Kier molecular flexibility index (Phi) is 4.65. The molecule has 124 valence electrons. The zero-order valence-electron chi connectivity index (χ0n) is 13.8. The van der Waals surface area contributed by atoms with E-state index in [4.69, 9.17) is 9.15 Å². The highest BCUT2D eigenvalue weighted by Gasteiger charge is 2.40. The zero-order valence-corrected chi connectivity index (χ0v) is 13.8. The fraction of sp³-hybridized carbons (Fsp3) is 0.300. The van der Waals surface area contributed by atoms with Gasteiger partial charge in [-0.2, -0.15) is 0 Å². The molecule has 2 aromatic rings. The van der Waals surface area contributed by atoms with Crippen molar-refractivity contribution in [3.05, 3.63) is 65.6 Å². The second-order valence-corrected chi connectivity index (χ2v) is 6.00. The highest BCUT2D eigenvalue weighted by Crippen LogP contribution is 2.40. The van der Waals surface area contributed by atoms with Crippen LogP contribution in [0.5, 0.6) is 0 Å². The van der Waals surface area contributed by atoms with Crippen LogP contribution >= 0.6 is 0 Å². The molecule has 0 saturated heterocycles. The topological polar surface area (TPSA) is 56.5 Å². The molecule has 1 aromatic carbocycles. The van der Waals surface area contributed by atoms with Crippen LogP contribution in [0.15, 0.2) is 53.2 Å². The summed E-state index contributed by atoms with van der Waals surface area (Å²) >= 11 is 0. The van der Waals surface area contributed by atoms with Crippen LogP contribution in [-0.4, -0.2) is 18.4 Å². The van der Waals surface area contributed by atoms with Gasteiger partial charge < -0.3 is 9.15 Å². The molecule has 0 bridgehead atoms. The van der Waals surface area contributed by atoms with Crippen molar-refractivity contribution in [1.82, 2.24) is 0 Å². The number of furan rings is 1. The van der Waals surface area contributed by atoms with Gasteiger partial charge in [0, 0.05) is 5.92 Å². The largest absolute Gasteiger partial charge is 0.465 e. The molecule has 0 spiro atoms. The lowest BCUT2D eigenvalue weighted by molar-refractivity contribution is -0.151. The summed E-state index contributed by atoms with van der Waals surface area (Å²) in [5, 5.41) is 0. The Bertz CT molecular complexity index is 753. The monoisotopic (exact) mass is 324 g/mol. The summed E-state index contributed by atoms with van der Waals surface area (Å²) in [6.45, 7) is 4.01. The molecular formula is C20H20O4. The van der Waals surface area contributed by atoms with Crippen molar-refractivity contribution >= 4 is 17.3 Å². The standard InChI is InChI=1S/C20H20O4/c1-3-23-20(22)19-16(14-8-6-13(2)7-9-14)11-15(12-17(19)21)18-5-4-10-24-18/h4-10,12,16,19H,3,11H2,1-2H3/t16-,19-/m1/s1. The summed E-state index contributed by atoms with van der Waals surface area (Å²) in [5.41, 5.74) is 2.91. The average Bonchev–Trinajstić information content (AvgIpc) is 3.09. The number of hydrogen-bond donors (Lipinski definition) is 0. The number of aryl methyl sites for hydroxylation is 1. The number of rotatable bonds is 4. The van der Waals surface area contributed by atoms with Crippen LogP contribution in [0, 0.1) is 12.8 Å². The van der Waals surface area contributed by atoms with Gasteiger partial charge in [0.05, 0.1) is 12.9 Å². The number of benzene rings is 1. The normalized spacial score (nSPS) is 20.6. The average molecular weight is 324 g/mol. The molecule has 4 nitrogen and oxygen atoms in total. The van der Waals surface area contributed by atoms with Crippen molar-refractivity contribution in [3.8, 4) is 0 Å². The molecular weight excluding hydrogens is 304 g/mol. The fourth-order valence-corrected chi connectivity index (χ4v) is 3.14. The molecule has 24 heavy (non-hydrogen) atoms. The number of esters is 1. The lowest BCUT2D eigenvalue weighted by atomic mass is 9.74. The van der Waals surface area contributed by atoms with Crippen LogP contribution in [-0.2, 0) is 14.3 Å². The van der Waals surface area contributed by atoms with Crippen molar-refractivity contribution in [2.75, 3.05) is 6.61 Å². The Labute approximate surface area is 141 Å². The number of allylic oxidation sites excluding steroid dienone is 2. The number of hydrogen-bond acceptors (Lipinski definition) is 4. The van der Waals surface area contributed by atoms with E-state index < -0.39 is 11.9 Å². The van der Waals surface area contributed by atoms with Crippen LogP contribution in [0.3, 0.4) is 0 Å². The first-order chi connectivity index (χ1) is 11.6. The maximum Gasteiger partial charge on any atom is 0.317 e. The van der Waals surface area contributed by atoms with Gasteiger partial charge in [0.1, 0.15) is 11.7 Å². The smallest absolute Gasteiger partial charge is 0.317 e. The van der Waals surface area contributed by atoms with Crippen LogP contribution in [0.4, 0.5) is 0 Å². The van der Waals surface area contributed by atoms with Crippen molar-refractivity contribution in [1.29, 1.82) is 0 Å². The van der Waals surface area contributed by atoms with Gasteiger partial charge in [0.25, 0.3) is 0 Å². The minimum Gasteiger partial charge on any atom is -0.465 e. The van der Waals surface area contributed by atoms with Gasteiger partial charge in [-0.25, -0.2) is 0 Å². The van der Waals surface area contributed by atoms with E-state index in [2.05, 4.69) is 0 Å². The van der Waals surface area contributed by atoms with Gasteiger partial charge in [0.2, 0.25) is 0 Å². The van der Waals surface area contributed by atoms with Crippen LogP contribution < -0.4 is 0 Å². The van der Waals surface area contributed by atoms with Gasteiger partial charge in [-0.1, -0.05) is 29.8 Å². The van der Waals surface area contributed by atoms with Gasteiger partial charge >= 0.3 is 5.97 Å². The second kappa shape index (κ2) is 6.87. The Morgan fingerprint density at radius 2 is 2.00 bits per heavy atom. The van der Waals surface area contributed by atoms with Crippen molar-refractivity contribution in [2.24, 2.45) is 5.92 Å². The molecule has 2 atom stereocenters. The molecule has 1 aromatic heterocycles. The third-order valence-electron chi connectivity index (χ3n) is 4.35. The Morgan fingerprint density at radius 3 is 2.62 bits per heavy atom. The van der Waals surface area contributed by atoms with E-state index in [1.165, 1.54) is 6.08 Å². The maximum absolute atomic E-state index is 12.6. The molecule has 1 aliphatic rings. The van der Waals surface area contributed by atoms with Crippen LogP contribution in [0.2, 0.25) is 0 Å². The number of carbonyl (C=O) groups is 2. The van der Waals surface area contributed by atoms with Crippen LogP contribution in [0.1, 0.15) is 36.1 Å². The summed E-state index contributed by atoms with van der Waals surface area (Å²) < 4.78 is 10.6.